The largest absolute Gasteiger partial charge is 0.393 e. The van der Waals surface area contributed by atoms with Crippen molar-refractivity contribution < 1.29 is 29.2 Å². The molecular formula is C28H27N5O7S. The minimum absolute atomic E-state index is 0.0241. The van der Waals surface area contributed by atoms with Gasteiger partial charge in [-0.15, -0.1) is 11.3 Å². The number of benzene rings is 1. The molecule has 0 radical (unpaired) electrons. The van der Waals surface area contributed by atoms with Gasteiger partial charge in [0.25, 0.3) is 5.69 Å². The Labute approximate surface area is 239 Å². The van der Waals surface area contributed by atoms with E-state index in [9.17, 15) is 29.6 Å². The maximum Gasteiger partial charge on any atom is 0.362 e. The van der Waals surface area contributed by atoms with Gasteiger partial charge in [-0.2, -0.15) is 0 Å². The van der Waals surface area contributed by atoms with Crippen LogP contribution in [0.5, 0.6) is 0 Å². The highest BCUT2D eigenvalue weighted by molar-refractivity contribution is 7.07. The van der Waals surface area contributed by atoms with E-state index in [0.29, 0.717) is 18.7 Å². The summed E-state index contributed by atoms with van der Waals surface area (Å²) in [6, 6.07) is 9.79. The molecule has 0 saturated carbocycles. The van der Waals surface area contributed by atoms with Crippen molar-refractivity contribution in [2.75, 3.05) is 6.54 Å². The topological polar surface area (TPSA) is 156 Å². The normalized spacial score (nSPS) is 20.5. The first-order valence-electron chi connectivity index (χ1n) is 12.9. The SMILES string of the molecule is C[C@@H](O)[C@H]1C(=O)N2C(C(=O)OC(=O)c3ccc([N+](=O)[O-])cc3)=C(CN(Cc3ccccn3)Cc3cscn3)[C@H](C)[C@H]12. The summed E-state index contributed by atoms with van der Waals surface area (Å²) in [5, 5.41) is 23.2. The molecular weight excluding hydrogens is 550 g/mol. The van der Waals surface area contributed by atoms with Crippen LogP contribution in [0.1, 0.15) is 35.6 Å². The van der Waals surface area contributed by atoms with Crippen LogP contribution in [-0.2, 0) is 27.4 Å². The number of thiazole rings is 1. The summed E-state index contributed by atoms with van der Waals surface area (Å²) in [6.07, 6.45) is 0.766. The summed E-state index contributed by atoms with van der Waals surface area (Å²) in [5.74, 6) is -3.43. The molecule has 3 aromatic rings. The van der Waals surface area contributed by atoms with Gasteiger partial charge in [0.1, 0.15) is 5.70 Å². The molecule has 12 nitrogen and oxygen atoms in total. The van der Waals surface area contributed by atoms with Crippen LogP contribution in [0.2, 0.25) is 0 Å². The number of aromatic nitrogens is 2. The van der Waals surface area contributed by atoms with E-state index in [1.165, 1.54) is 35.3 Å². The minimum Gasteiger partial charge on any atom is -0.393 e. The van der Waals surface area contributed by atoms with Gasteiger partial charge in [-0.1, -0.05) is 13.0 Å². The number of amides is 1. The molecule has 212 valence electrons. The lowest BCUT2D eigenvalue weighted by atomic mass is 9.77. The Morgan fingerprint density at radius 1 is 1.12 bits per heavy atom. The van der Waals surface area contributed by atoms with Gasteiger partial charge in [-0.05, 0) is 36.8 Å². The van der Waals surface area contributed by atoms with Crippen molar-refractivity contribution >= 4 is 34.9 Å². The summed E-state index contributed by atoms with van der Waals surface area (Å²) in [7, 11) is 0. The van der Waals surface area contributed by atoms with Gasteiger partial charge >= 0.3 is 11.9 Å². The molecule has 1 amide bonds. The van der Waals surface area contributed by atoms with Crippen molar-refractivity contribution in [3.8, 4) is 0 Å². The maximum atomic E-state index is 13.5. The van der Waals surface area contributed by atoms with Gasteiger partial charge in [0.15, 0.2) is 0 Å². The fourth-order valence-electron chi connectivity index (χ4n) is 5.43. The fraction of sp³-hybridized carbons (Fsp3) is 0.321. The van der Waals surface area contributed by atoms with Gasteiger partial charge in [0, 0.05) is 49.3 Å². The zero-order chi connectivity index (χ0) is 29.3. The zero-order valence-electron chi connectivity index (χ0n) is 22.2. The molecule has 1 aromatic carbocycles. The Kier molecular flexibility index (Phi) is 8.01. The van der Waals surface area contributed by atoms with Crippen LogP contribution in [0.15, 0.2) is 70.8 Å². The Hall–Kier alpha value is -4.33. The number of nitrogens with zero attached hydrogens (tertiary/aromatic N) is 5. The van der Waals surface area contributed by atoms with Gasteiger partial charge < -0.3 is 14.7 Å². The molecule has 1 saturated heterocycles. The number of fused-ring (bicyclic) bond motifs is 1. The number of aliphatic hydroxyl groups excluding tert-OH is 1. The van der Waals surface area contributed by atoms with Crippen LogP contribution in [-0.4, -0.2) is 66.3 Å². The van der Waals surface area contributed by atoms with E-state index in [2.05, 4.69) is 9.97 Å². The molecule has 2 aromatic heterocycles. The molecule has 5 rings (SSSR count). The third kappa shape index (κ3) is 5.64. The van der Waals surface area contributed by atoms with E-state index in [4.69, 9.17) is 4.74 Å². The number of ether oxygens (including phenoxy) is 1. The number of hydrogen-bond acceptors (Lipinski definition) is 11. The van der Waals surface area contributed by atoms with Crippen molar-refractivity contribution in [3.63, 3.8) is 0 Å². The number of rotatable bonds is 10. The number of esters is 2. The number of hydrogen-bond donors (Lipinski definition) is 1. The Balaban J connectivity index is 1.46. The summed E-state index contributed by atoms with van der Waals surface area (Å²) < 4.78 is 5.20. The molecule has 13 heteroatoms. The second-order valence-corrected chi connectivity index (χ2v) is 10.8. The summed E-state index contributed by atoms with van der Waals surface area (Å²) in [6.45, 7) is 4.54. The molecule has 41 heavy (non-hydrogen) atoms. The number of β-lactam (4-membered cyclic amide) rings is 1. The molecule has 2 aliphatic heterocycles. The Bertz CT molecular complexity index is 1490. The molecule has 1 N–H and O–H groups in total. The van der Waals surface area contributed by atoms with E-state index in [0.717, 1.165) is 23.5 Å². The molecule has 0 aliphatic carbocycles. The van der Waals surface area contributed by atoms with Gasteiger partial charge in [0.2, 0.25) is 5.91 Å². The van der Waals surface area contributed by atoms with E-state index in [-0.39, 0.29) is 29.4 Å². The average Bonchev–Trinajstić information content (AvgIpc) is 3.53. The standard InChI is InChI=1S/C28H27N5O7S/c1-16-22(13-31(12-20-14-41-15-30-20)11-19-5-3-4-10-29-19)25(32-24(16)23(17(2)34)26(32)35)28(37)40-27(36)18-6-8-21(9-7-18)33(38)39/h3-10,14-17,23-24,34H,11-13H2,1-2H3/t16-,17+,23+,24+/m0/s1. The lowest BCUT2D eigenvalue weighted by Crippen LogP contribution is -2.63. The lowest BCUT2D eigenvalue weighted by Gasteiger charge is -2.46. The van der Waals surface area contributed by atoms with Crippen molar-refractivity contribution in [1.82, 2.24) is 19.8 Å². The van der Waals surface area contributed by atoms with Crippen LogP contribution in [0.4, 0.5) is 5.69 Å². The quantitative estimate of drug-likeness (QED) is 0.125. The minimum atomic E-state index is -0.999. The number of aliphatic hydroxyl groups is 1. The first-order valence-corrected chi connectivity index (χ1v) is 13.8. The molecule has 4 atom stereocenters. The highest BCUT2D eigenvalue weighted by atomic mass is 32.1. The molecule has 4 heterocycles. The monoisotopic (exact) mass is 577 g/mol. The van der Waals surface area contributed by atoms with Crippen molar-refractivity contribution in [1.29, 1.82) is 0 Å². The molecule has 0 unspecified atom stereocenters. The van der Waals surface area contributed by atoms with Crippen LogP contribution >= 0.6 is 11.3 Å². The number of carbonyl (C=O) groups excluding carboxylic acids is 3. The van der Waals surface area contributed by atoms with E-state index in [1.54, 1.807) is 11.7 Å². The average molecular weight is 578 g/mol. The Morgan fingerprint density at radius 3 is 2.46 bits per heavy atom. The molecule has 0 bridgehead atoms. The van der Waals surface area contributed by atoms with Crippen LogP contribution in [0, 0.1) is 22.0 Å². The lowest BCUT2D eigenvalue weighted by molar-refractivity contribution is -0.384. The van der Waals surface area contributed by atoms with E-state index >= 15 is 0 Å². The first kappa shape index (κ1) is 28.2. The first-order chi connectivity index (χ1) is 19.7. The highest BCUT2D eigenvalue weighted by Gasteiger charge is 2.60. The smallest absolute Gasteiger partial charge is 0.362 e. The highest BCUT2D eigenvalue weighted by Crippen LogP contribution is 2.47. The number of nitro groups is 1. The van der Waals surface area contributed by atoms with Crippen molar-refractivity contribution in [2.45, 2.75) is 39.1 Å². The third-order valence-corrected chi connectivity index (χ3v) is 8.02. The summed E-state index contributed by atoms with van der Waals surface area (Å²) in [5.41, 5.74) is 3.67. The van der Waals surface area contributed by atoms with Gasteiger partial charge in [0.05, 0.1) is 45.4 Å². The van der Waals surface area contributed by atoms with Crippen molar-refractivity contribution in [2.24, 2.45) is 11.8 Å². The predicted molar refractivity (Wildman–Crippen MR) is 146 cm³/mol. The third-order valence-electron chi connectivity index (χ3n) is 7.38. The molecule has 0 spiro atoms. The van der Waals surface area contributed by atoms with Gasteiger partial charge in [-0.3, -0.25) is 24.8 Å². The number of nitro benzene ring substituents is 1. The Morgan fingerprint density at radius 2 is 1.85 bits per heavy atom. The second kappa shape index (κ2) is 11.6. The summed E-state index contributed by atoms with van der Waals surface area (Å²) >= 11 is 1.46. The fourth-order valence-corrected chi connectivity index (χ4v) is 5.98. The number of pyridine rings is 1. The zero-order valence-corrected chi connectivity index (χ0v) is 23.1. The van der Waals surface area contributed by atoms with E-state index in [1.807, 2.05) is 35.4 Å². The number of non-ortho nitro benzene ring substituents is 1. The second-order valence-electron chi connectivity index (χ2n) is 10.1. The summed E-state index contributed by atoms with van der Waals surface area (Å²) in [4.78, 5) is 62.0. The van der Waals surface area contributed by atoms with Crippen molar-refractivity contribution in [3.05, 3.63) is 97.9 Å². The molecule has 2 aliphatic rings. The van der Waals surface area contributed by atoms with E-state index < -0.39 is 40.8 Å². The molecule has 1 fully saturated rings. The van der Waals surface area contributed by atoms with Crippen LogP contribution in [0.3, 0.4) is 0 Å². The maximum absolute atomic E-state index is 13.5. The number of carbonyl (C=O) groups is 3. The predicted octanol–water partition coefficient (Wildman–Crippen LogP) is 2.94. The van der Waals surface area contributed by atoms with Crippen LogP contribution in [0.25, 0.3) is 0 Å². The van der Waals surface area contributed by atoms with Gasteiger partial charge in [-0.25, -0.2) is 14.6 Å². The van der Waals surface area contributed by atoms with Crippen LogP contribution < -0.4 is 0 Å².